The van der Waals surface area contributed by atoms with E-state index in [1.54, 1.807) is 0 Å². The largest absolute Gasteiger partial charge is 0.550 e. The summed E-state index contributed by atoms with van der Waals surface area (Å²) in [6.45, 7) is -5.91. The van der Waals surface area contributed by atoms with Crippen molar-refractivity contribution in [3.8, 4) is 0 Å². The maximum absolute atomic E-state index is 11.3. The maximum Gasteiger partial charge on any atom is 0.303 e. The minimum absolute atomic E-state index is 0.585. The third kappa shape index (κ3) is 7.54. The number of hydrogen-bond acceptors (Lipinski definition) is 4. The van der Waals surface area contributed by atoms with Gasteiger partial charge in [0, 0.05) is 23.4 Å². The average Bonchev–Trinajstić information content (AvgIpc) is 2.12. The molecular formula is C9H17NO4. The number of carboxylic acid groups (broad SMARTS) is 1. The number of quaternary nitrogens is 1. The van der Waals surface area contributed by atoms with Crippen molar-refractivity contribution < 1.29 is 32.1 Å². The smallest absolute Gasteiger partial charge is 0.303 e. The molecule has 0 rings (SSSR count). The van der Waals surface area contributed by atoms with Gasteiger partial charge in [-0.3, -0.25) is 4.79 Å². The lowest BCUT2D eigenvalue weighted by atomic mass is 10.2. The number of rotatable bonds is 5. The van der Waals surface area contributed by atoms with Gasteiger partial charge in [0.1, 0.15) is 6.50 Å². The number of ether oxygens (including phenoxy) is 1. The second-order valence-electron chi connectivity index (χ2n) is 3.49. The summed E-state index contributed by atoms with van der Waals surface area (Å²) in [6.07, 6.45) is -4.23. The lowest BCUT2D eigenvalue weighted by Gasteiger charge is -2.28. The quantitative estimate of drug-likeness (QED) is 0.420. The summed E-state index contributed by atoms with van der Waals surface area (Å²) in [5.41, 5.74) is 0. The van der Waals surface area contributed by atoms with Crippen LogP contribution in [0.25, 0.3) is 0 Å². The Kier molecular flexibility index (Phi) is 2.02. The predicted molar refractivity (Wildman–Crippen MR) is 48.1 cm³/mol. The van der Waals surface area contributed by atoms with E-state index in [2.05, 4.69) is 4.74 Å². The van der Waals surface area contributed by atoms with E-state index in [-0.39, 0.29) is 0 Å². The van der Waals surface area contributed by atoms with Crippen LogP contribution >= 0.6 is 0 Å². The summed E-state index contributed by atoms with van der Waals surface area (Å²) in [5, 5.41) is 10.7. The SMILES string of the molecule is [2H]C([2H])([2H])C(=O)O[C@@]([2H])(CC(=O)[O-])C([2H])([2H])[N+](C)(C)C. The zero-order valence-corrected chi connectivity index (χ0v) is 8.29. The molecule has 1 atom stereocenters. The van der Waals surface area contributed by atoms with E-state index in [0.717, 1.165) is 0 Å². The van der Waals surface area contributed by atoms with Crippen LogP contribution in [0.1, 0.15) is 21.5 Å². The normalized spacial score (nSPS) is 23.9. The molecule has 0 aromatic carbocycles. The number of nitrogens with zero attached hydrogens (tertiary/aromatic N) is 1. The van der Waals surface area contributed by atoms with E-state index in [0.29, 0.717) is 0 Å². The van der Waals surface area contributed by atoms with Gasteiger partial charge in [0.2, 0.25) is 0 Å². The first-order chi connectivity index (χ1) is 8.54. The van der Waals surface area contributed by atoms with Crippen LogP contribution in [0.2, 0.25) is 0 Å². The van der Waals surface area contributed by atoms with Gasteiger partial charge in [-0.25, -0.2) is 0 Å². The van der Waals surface area contributed by atoms with Crippen LogP contribution in [0.3, 0.4) is 0 Å². The van der Waals surface area contributed by atoms with Crippen molar-refractivity contribution in [2.75, 3.05) is 27.6 Å². The van der Waals surface area contributed by atoms with Crippen LogP contribution in [0.4, 0.5) is 0 Å². The second-order valence-corrected chi connectivity index (χ2v) is 3.49. The van der Waals surface area contributed by atoms with E-state index >= 15 is 0 Å². The Bertz CT molecular complexity index is 402. The van der Waals surface area contributed by atoms with Crippen LogP contribution < -0.4 is 5.11 Å². The first-order valence-electron chi connectivity index (χ1n) is 6.79. The number of esters is 1. The number of hydrogen-bond donors (Lipinski definition) is 0. The molecule has 5 heteroatoms. The summed E-state index contributed by atoms with van der Waals surface area (Å²) in [4.78, 5) is 22.0. The number of aliphatic carboxylic acids is 1. The number of likely N-dealkylation sites (N-methyl/N-ethyl adjacent to an activating group) is 1. The van der Waals surface area contributed by atoms with E-state index in [4.69, 9.17) is 8.22 Å². The fourth-order valence-electron chi connectivity index (χ4n) is 0.716. The highest BCUT2D eigenvalue weighted by molar-refractivity contribution is 5.68. The summed E-state index contributed by atoms with van der Waals surface area (Å²) >= 11 is 0. The molecule has 0 heterocycles. The first kappa shape index (κ1) is 5.70. The topological polar surface area (TPSA) is 66.4 Å². The molecule has 0 saturated heterocycles. The highest BCUT2D eigenvalue weighted by Crippen LogP contribution is 2.04. The maximum atomic E-state index is 11.3. The third-order valence-electron chi connectivity index (χ3n) is 0.981. The Morgan fingerprint density at radius 2 is 2.21 bits per heavy atom. The number of carbonyl (C=O) groups excluding carboxylic acids is 2. The molecule has 5 nitrogen and oxygen atoms in total. The van der Waals surface area contributed by atoms with Crippen molar-refractivity contribution in [2.24, 2.45) is 0 Å². The Balaban J connectivity index is 5.65. The molecule has 0 radical (unpaired) electrons. The highest BCUT2D eigenvalue weighted by atomic mass is 16.5. The van der Waals surface area contributed by atoms with Crippen molar-refractivity contribution >= 4 is 11.9 Å². The Hall–Kier alpha value is -1.10. The van der Waals surface area contributed by atoms with Crippen LogP contribution in [-0.2, 0) is 14.3 Å². The molecule has 0 bridgehead atoms. The third-order valence-corrected chi connectivity index (χ3v) is 0.981. The molecule has 14 heavy (non-hydrogen) atoms. The second kappa shape index (κ2) is 4.95. The summed E-state index contributed by atoms with van der Waals surface area (Å²) < 4.78 is 47.8. The number of carbonyl (C=O) groups is 2. The van der Waals surface area contributed by atoms with Crippen LogP contribution in [0.15, 0.2) is 0 Å². The van der Waals surface area contributed by atoms with Gasteiger partial charge in [-0.05, 0) is 0 Å². The van der Waals surface area contributed by atoms with Crippen molar-refractivity contribution in [2.45, 2.75) is 19.4 Å². The molecule has 0 fully saturated rings. The summed E-state index contributed by atoms with van der Waals surface area (Å²) in [7, 11) is 3.92. The number of carboxylic acids is 1. The minimum Gasteiger partial charge on any atom is -0.550 e. The average molecular weight is 209 g/mol. The fourth-order valence-corrected chi connectivity index (χ4v) is 0.716. The fraction of sp³-hybridized carbons (Fsp3) is 0.778. The van der Waals surface area contributed by atoms with E-state index in [9.17, 15) is 14.7 Å². The van der Waals surface area contributed by atoms with Gasteiger partial charge >= 0.3 is 5.97 Å². The molecule has 0 amide bonds. The zero-order chi connectivity index (χ0) is 16.6. The Morgan fingerprint density at radius 3 is 2.57 bits per heavy atom. The summed E-state index contributed by atoms with van der Waals surface area (Å²) in [5.74, 6) is -3.68. The monoisotopic (exact) mass is 209 g/mol. The molecule has 0 saturated carbocycles. The molecule has 0 aliphatic rings. The molecule has 0 unspecified atom stereocenters. The van der Waals surface area contributed by atoms with Gasteiger partial charge < -0.3 is 19.1 Å². The lowest BCUT2D eigenvalue weighted by molar-refractivity contribution is -0.873. The van der Waals surface area contributed by atoms with Crippen molar-refractivity contribution in [1.29, 1.82) is 0 Å². The van der Waals surface area contributed by atoms with E-state index < -0.39 is 42.3 Å². The molecular weight excluding hydrogens is 186 g/mol. The van der Waals surface area contributed by atoms with Crippen LogP contribution in [0, 0.1) is 0 Å². The van der Waals surface area contributed by atoms with Gasteiger partial charge in [0.15, 0.2) is 6.08 Å². The van der Waals surface area contributed by atoms with Crippen molar-refractivity contribution in [1.82, 2.24) is 0 Å². The molecule has 0 spiro atoms. The molecule has 82 valence electrons. The van der Waals surface area contributed by atoms with Gasteiger partial charge in [0.05, 0.1) is 25.3 Å². The highest BCUT2D eigenvalue weighted by Gasteiger charge is 2.20. The Labute approximate surface area is 92.3 Å². The van der Waals surface area contributed by atoms with Gasteiger partial charge in [0.25, 0.3) is 0 Å². The predicted octanol–water partition coefficient (Wildman–Crippen LogP) is -1.24. The molecule has 0 aromatic rings. The van der Waals surface area contributed by atoms with Crippen LogP contribution in [0.5, 0.6) is 0 Å². The molecule has 0 aliphatic heterocycles. The summed E-state index contributed by atoms with van der Waals surface area (Å²) in [6, 6.07) is 0. The van der Waals surface area contributed by atoms with Crippen LogP contribution in [-0.4, -0.2) is 50.1 Å². The van der Waals surface area contributed by atoms with E-state index in [1.807, 2.05) is 0 Å². The molecule has 0 aliphatic carbocycles. The molecule has 0 N–H and O–H groups in total. The van der Waals surface area contributed by atoms with Crippen molar-refractivity contribution in [3.05, 3.63) is 0 Å². The Morgan fingerprint density at radius 1 is 1.64 bits per heavy atom. The van der Waals surface area contributed by atoms with Gasteiger partial charge in [-0.1, -0.05) is 0 Å². The van der Waals surface area contributed by atoms with Crippen molar-refractivity contribution in [3.63, 3.8) is 0 Å². The standard InChI is InChI=1S/C9H17NO4/c1-7(11)14-8(5-9(12)13)6-10(2,3)4/h8H,5-6H2,1-4H3/t8-/m0/s1/i1D3,6D2,8D. The first-order valence-corrected chi connectivity index (χ1v) is 3.79. The lowest BCUT2D eigenvalue weighted by Crippen LogP contribution is -2.45. The van der Waals surface area contributed by atoms with Gasteiger partial charge in [-0.15, -0.1) is 0 Å². The van der Waals surface area contributed by atoms with E-state index in [1.165, 1.54) is 21.1 Å². The molecule has 0 aromatic heterocycles. The zero-order valence-electron chi connectivity index (χ0n) is 14.3. The minimum atomic E-state index is -3.22. The van der Waals surface area contributed by atoms with Gasteiger partial charge in [-0.2, -0.15) is 0 Å².